The Hall–Kier alpha value is -3.42. The minimum absolute atomic E-state index is 0.0653. The van der Waals surface area contributed by atoms with Gasteiger partial charge in [0.1, 0.15) is 24.2 Å². The Labute approximate surface area is 289 Å². The number of aliphatic hydroxyl groups excluding tert-OH is 1. The highest BCUT2D eigenvalue weighted by atomic mass is 16.3. The molecule has 2 saturated heterocycles. The molecule has 0 aromatic carbocycles. The Kier molecular flexibility index (Phi) is 11.8. The predicted molar refractivity (Wildman–Crippen MR) is 181 cm³/mol. The van der Waals surface area contributed by atoms with E-state index in [1.165, 1.54) is 0 Å². The highest BCUT2D eigenvalue weighted by Gasteiger charge is 2.52. The maximum absolute atomic E-state index is 14.6. The Bertz CT molecular complexity index is 1260. The molecule has 0 radical (unpaired) electrons. The van der Waals surface area contributed by atoms with Crippen molar-refractivity contribution in [3.05, 3.63) is 0 Å². The second-order valence-corrected chi connectivity index (χ2v) is 16.0. The van der Waals surface area contributed by atoms with Gasteiger partial charge in [-0.15, -0.1) is 0 Å². The van der Waals surface area contributed by atoms with Crippen LogP contribution in [0.15, 0.2) is 0 Å². The number of aliphatic hydroxyl groups is 1. The molecule has 0 aromatic heterocycles. The van der Waals surface area contributed by atoms with Gasteiger partial charge in [-0.3, -0.25) is 24.0 Å². The van der Waals surface area contributed by atoms with E-state index in [1.807, 2.05) is 27.7 Å². The van der Waals surface area contributed by atoms with Gasteiger partial charge in [-0.2, -0.15) is 0 Å². The molecule has 8 atom stereocenters. The number of likely N-dealkylation sites (tertiary alicyclic amines) is 1. The third kappa shape index (κ3) is 8.85. The zero-order valence-electron chi connectivity index (χ0n) is 29.5. The minimum atomic E-state index is -1.41. The summed E-state index contributed by atoms with van der Waals surface area (Å²) in [5, 5.41) is 27.7. The van der Waals surface area contributed by atoms with Crippen molar-refractivity contribution in [2.24, 2.45) is 23.2 Å². The second kappa shape index (κ2) is 15.6. The first-order valence-electron chi connectivity index (χ1n) is 18.5. The van der Waals surface area contributed by atoms with E-state index in [0.717, 1.165) is 64.2 Å². The van der Waals surface area contributed by atoms with Crippen LogP contribution in [0.4, 0.5) is 4.79 Å². The molecule has 0 aromatic rings. The topological polar surface area (TPSA) is 198 Å². The number of hydrogen-bond acceptors (Lipinski definition) is 7. The Morgan fingerprint density at radius 1 is 0.898 bits per heavy atom. The van der Waals surface area contributed by atoms with Gasteiger partial charge in [-0.1, -0.05) is 59.8 Å². The summed E-state index contributed by atoms with van der Waals surface area (Å²) in [6.45, 7) is 8.01. The van der Waals surface area contributed by atoms with Crippen molar-refractivity contribution in [2.45, 2.75) is 147 Å². The molecule has 274 valence electrons. The lowest BCUT2D eigenvalue weighted by molar-refractivity contribution is -0.146. The molecule has 0 bridgehead atoms. The molecule has 7 N–H and O–H groups in total. The normalized spacial score (nSPS) is 27.9. The highest BCUT2D eigenvalue weighted by molar-refractivity contribution is 5.97. The molecule has 49 heavy (non-hydrogen) atoms. The van der Waals surface area contributed by atoms with Crippen LogP contribution in [0, 0.1) is 23.2 Å². The van der Waals surface area contributed by atoms with Crippen LogP contribution < -0.4 is 31.9 Å². The number of carbonyl (C=O) groups is 6. The van der Waals surface area contributed by atoms with Gasteiger partial charge in [-0.05, 0) is 68.1 Å². The Morgan fingerprint density at radius 2 is 1.61 bits per heavy atom. The zero-order chi connectivity index (χ0) is 35.5. The third-order valence-corrected chi connectivity index (χ3v) is 11.1. The summed E-state index contributed by atoms with van der Waals surface area (Å²) in [6.07, 6.45) is 8.41. The monoisotopic (exact) mass is 687 g/mol. The Morgan fingerprint density at radius 3 is 2.22 bits per heavy atom. The minimum Gasteiger partial charge on any atom is -0.381 e. The molecule has 2 heterocycles. The van der Waals surface area contributed by atoms with Crippen LogP contribution in [0.5, 0.6) is 0 Å². The van der Waals surface area contributed by atoms with E-state index in [2.05, 4.69) is 31.9 Å². The Balaban J connectivity index is 1.34. The molecule has 3 saturated carbocycles. The highest BCUT2D eigenvalue weighted by Crippen LogP contribution is 2.43. The fraction of sp³-hybridized carbons (Fsp3) is 0.829. The van der Waals surface area contributed by atoms with E-state index in [9.17, 15) is 33.9 Å². The van der Waals surface area contributed by atoms with Crippen LogP contribution in [0.2, 0.25) is 0 Å². The van der Waals surface area contributed by atoms with Gasteiger partial charge < -0.3 is 41.9 Å². The summed E-state index contributed by atoms with van der Waals surface area (Å²) in [4.78, 5) is 82.1. The van der Waals surface area contributed by atoms with E-state index in [4.69, 9.17) is 0 Å². The maximum atomic E-state index is 14.6. The molecule has 1 unspecified atom stereocenters. The summed E-state index contributed by atoms with van der Waals surface area (Å²) in [6, 6.07) is -4.66. The summed E-state index contributed by atoms with van der Waals surface area (Å²) < 4.78 is 0. The average molecular weight is 688 g/mol. The quantitative estimate of drug-likeness (QED) is 0.149. The van der Waals surface area contributed by atoms with Crippen molar-refractivity contribution in [3.63, 3.8) is 0 Å². The van der Waals surface area contributed by atoms with Crippen LogP contribution in [-0.4, -0.2) is 101 Å². The van der Waals surface area contributed by atoms with E-state index < -0.39 is 71.4 Å². The lowest BCUT2D eigenvalue weighted by Crippen LogP contribution is -2.63. The largest absolute Gasteiger partial charge is 0.381 e. The van der Waals surface area contributed by atoms with Crippen LogP contribution in [-0.2, 0) is 24.0 Å². The van der Waals surface area contributed by atoms with Crippen LogP contribution >= 0.6 is 0 Å². The van der Waals surface area contributed by atoms with E-state index in [1.54, 1.807) is 4.90 Å². The van der Waals surface area contributed by atoms with Crippen LogP contribution in [0.25, 0.3) is 0 Å². The van der Waals surface area contributed by atoms with E-state index >= 15 is 0 Å². The lowest BCUT2D eigenvalue weighted by atomic mass is 9.82. The molecule has 3 aliphatic carbocycles. The van der Waals surface area contributed by atoms with E-state index in [0.29, 0.717) is 19.4 Å². The number of carbonyl (C=O) groups excluding carboxylic acids is 6. The first-order chi connectivity index (χ1) is 23.3. The number of fused-ring (bicyclic) bond motifs is 1. The summed E-state index contributed by atoms with van der Waals surface area (Å²) >= 11 is 0. The molecule has 2 aliphatic heterocycles. The second-order valence-electron chi connectivity index (χ2n) is 16.0. The number of nitrogens with one attached hydrogen (secondary N) is 6. The van der Waals surface area contributed by atoms with Gasteiger partial charge in [0.15, 0.2) is 6.10 Å². The summed E-state index contributed by atoms with van der Waals surface area (Å²) in [7, 11) is 0. The van der Waals surface area contributed by atoms with Gasteiger partial charge >= 0.3 is 6.03 Å². The lowest BCUT2D eigenvalue weighted by Gasteiger charge is -2.38. The van der Waals surface area contributed by atoms with Gasteiger partial charge in [0.05, 0.1) is 6.04 Å². The molecular weight excluding hydrogens is 630 g/mol. The number of nitrogens with zero attached hydrogens (tertiary/aromatic N) is 1. The van der Waals surface area contributed by atoms with Gasteiger partial charge in [0.25, 0.3) is 5.91 Å². The standard InChI is InChI=1S/C35H57N7O7/c1-5-10-23(27(43)32(47)37-21-15-16-21)38-31(46)26-22-14-9-13-20(22)18-42(26)33(48)28(35(2,3)4)41-30(45)25(19-11-7-6-8-12-19)40-29(44)24-17-36-34(49)39-24/h19-28,43H,5-18H2,1-4H3,(H,37,47)(H,38,46)(H,40,44)(H,41,45)(H2,36,39,49)/t20-,22-,23-,24-,25-,26-,27?,28+/m0/s1. The van der Waals surface area contributed by atoms with Crippen LogP contribution in [0.3, 0.4) is 0 Å². The van der Waals surface area contributed by atoms with E-state index in [-0.39, 0.29) is 36.2 Å². The average Bonchev–Trinajstić information content (AvgIpc) is 3.40. The van der Waals surface area contributed by atoms with Crippen molar-refractivity contribution in [2.75, 3.05) is 13.1 Å². The summed E-state index contributed by atoms with van der Waals surface area (Å²) in [5.74, 6) is -2.23. The number of urea groups is 1. The van der Waals surface area contributed by atoms with Crippen molar-refractivity contribution in [3.8, 4) is 0 Å². The fourth-order valence-electron chi connectivity index (χ4n) is 8.23. The maximum Gasteiger partial charge on any atom is 0.315 e. The molecule has 14 heteroatoms. The molecule has 5 rings (SSSR count). The predicted octanol–water partition coefficient (Wildman–Crippen LogP) is 0.815. The smallest absolute Gasteiger partial charge is 0.315 e. The third-order valence-electron chi connectivity index (χ3n) is 11.1. The first kappa shape index (κ1) is 36.9. The molecular formula is C35H57N7O7. The van der Waals surface area contributed by atoms with Crippen molar-refractivity contribution >= 4 is 35.6 Å². The first-order valence-corrected chi connectivity index (χ1v) is 18.5. The SMILES string of the molecule is CCC[C@H](NC(=O)[C@@H]1[C@H]2CCC[C@H]2CN1C(=O)[C@@H](NC(=O)[C@@H](NC(=O)[C@@H]1CNC(=O)N1)C1CCCCC1)C(C)(C)C)C(O)C(=O)NC1CC1. The zero-order valence-corrected chi connectivity index (χ0v) is 29.5. The fourth-order valence-corrected chi connectivity index (χ4v) is 8.23. The molecule has 7 amide bonds. The van der Waals surface area contributed by atoms with Crippen molar-refractivity contribution in [1.82, 2.24) is 36.8 Å². The number of rotatable bonds is 13. The van der Waals surface area contributed by atoms with Crippen molar-refractivity contribution in [1.29, 1.82) is 0 Å². The van der Waals surface area contributed by atoms with Gasteiger partial charge in [-0.25, -0.2) is 4.79 Å². The molecule has 5 fully saturated rings. The van der Waals surface area contributed by atoms with Crippen molar-refractivity contribution < 1.29 is 33.9 Å². The molecule has 0 spiro atoms. The number of amides is 7. The van der Waals surface area contributed by atoms with Gasteiger partial charge in [0, 0.05) is 19.1 Å². The van der Waals surface area contributed by atoms with Gasteiger partial charge in [0.2, 0.25) is 23.6 Å². The molecule has 14 nitrogen and oxygen atoms in total. The number of hydrogen-bond donors (Lipinski definition) is 7. The van der Waals surface area contributed by atoms with Crippen LogP contribution in [0.1, 0.15) is 105 Å². The summed E-state index contributed by atoms with van der Waals surface area (Å²) in [5.41, 5.74) is -0.738. The molecule has 5 aliphatic rings.